The van der Waals surface area contributed by atoms with Crippen LogP contribution in [-0.4, -0.2) is 30.4 Å². The first-order valence-electron chi connectivity index (χ1n) is 6.16. The summed E-state index contributed by atoms with van der Waals surface area (Å²) >= 11 is -1.28. The first kappa shape index (κ1) is 17.5. The number of ether oxygens (including phenoxy) is 2. The molecule has 1 atom stereocenters. The van der Waals surface area contributed by atoms with E-state index in [2.05, 4.69) is 0 Å². The Kier molecular flexibility index (Phi) is 7.54. The summed E-state index contributed by atoms with van der Waals surface area (Å²) in [5, 5.41) is 21.0. The number of hydrogen-bond acceptors (Lipinski definition) is 5. The van der Waals surface area contributed by atoms with Crippen LogP contribution in [0.4, 0.5) is 5.69 Å². The van der Waals surface area contributed by atoms with Gasteiger partial charge in [0.15, 0.2) is 0 Å². The fraction of sp³-hybridized carbons (Fsp3) is 0.500. The Morgan fingerprint density at radius 1 is 1.40 bits per heavy atom. The van der Waals surface area contributed by atoms with E-state index in [-0.39, 0.29) is 12.1 Å². The van der Waals surface area contributed by atoms with Gasteiger partial charge in [-0.2, -0.15) is 0 Å². The van der Waals surface area contributed by atoms with Gasteiger partial charge in [0, 0.05) is 0 Å². The number of nitrogens with zero attached hydrogens (tertiary/aromatic N) is 1. The van der Waals surface area contributed by atoms with E-state index in [4.69, 9.17) is 17.7 Å². The van der Waals surface area contributed by atoms with Crippen molar-refractivity contribution < 1.29 is 42.8 Å². The van der Waals surface area contributed by atoms with Crippen molar-refractivity contribution in [3.05, 3.63) is 27.8 Å². The van der Waals surface area contributed by atoms with Crippen molar-refractivity contribution in [3.63, 3.8) is 0 Å². The molecule has 0 radical (unpaired) electrons. The summed E-state index contributed by atoms with van der Waals surface area (Å²) in [6, 6.07) is 2.87. The Morgan fingerprint density at radius 2 is 2.00 bits per heavy atom. The van der Waals surface area contributed by atoms with Crippen LogP contribution in [0.3, 0.4) is 0 Å². The minimum absolute atomic E-state index is 0.0721. The number of halogens is 1. The molecule has 1 aromatic rings. The number of nitro groups is 1. The van der Waals surface area contributed by atoms with E-state index in [1.807, 2.05) is 0 Å². The number of hydrogen-bond donors (Lipinski definition) is 1. The quantitative estimate of drug-likeness (QED) is 0.344. The fourth-order valence-electron chi connectivity index (χ4n) is 1.91. The van der Waals surface area contributed by atoms with E-state index in [1.54, 1.807) is 6.07 Å². The molecule has 0 saturated carbocycles. The number of rotatable bonds is 8. The Hall–Kier alpha value is -0.595. The van der Waals surface area contributed by atoms with Gasteiger partial charge in [-0.25, -0.2) is 0 Å². The summed E-state index contributed by atoms with van der Waals surface area (Å²) < 4.78 is 11.1. The van der Waals surface area contributed by atoms with Crippen LogP contribution in [0.5, 0.6) is 11.5 Å². The van der Waals surface area contributed by atoms with Gasteiger partial charge in [-0.1, -0.05) is 0 Å². The summed E-state index contributed by atoms with van der Waals surface area (Å²) in [6.07, 6.45) is 0.184. The Labute approximate surface area is 133 Å². The molecule has 0 bridgehead atoms. The molecule has 0 fully saturated rings. The molecule has 1 rings (SSSR count). The zero-order valence-electron chi connectivity index (χ0n) is 11.5. The average Bonchev–Trinajstić information content (AvgIpc) is 2.44. The van der Waals surface area contributed by atoms with E-state index in [9.17, 15) is 15.2 Å². The first-order chi connectivity index (χ1) is 9.53. The topological polar surface area (TPSA) is 81.8 Å². The van der Waals surface area contributed by atoms with Gasteiger partial charge < -0.3 is 0 Å². The van der Waals surface area contributed by atoms with Crippen LogP contribution < -0.4 is 9.47 Å². The second kappa shape index (κ2) is 8.64. The Morgan fingerprint density at radius 3 is 2.50 bits per heavy atom. The van der Waals surface area contributed by atoms with Crippen LogP contribution in [0.1, 0.15) is 12.0 Å². The predicted molar refractivity (Wildman–Crippen MR) is 71.2 cm³/mol. The van der Waals surface area contributed by atoms with Gasteiger partial charge in [-0.15, -0.1) is 0 Å². The molecule has 1 aromatic carbocycles. The molecule has 0 heterocycles. The van der Waals surface area contributed by atoms with Gasteiger partial charge >= 0.3 is 133 Å². The van der Waals surface area contributed by atoms with Gasteiger partial charge in [0.2, 0.25) is 0 Å². The monoisotopic (exact) mass is 491 g/mol. The maximum atomic E-state index is 11.1. The van der Waals surface area contributed by atoms with Gasteiger partial charge in [-0.3, -0.25) is 0 Å². The third-order valence-corrected chi connectivity index (χ3v) is 7.88. The predicted octanol–water partition coefficient (Wildman–Crippen LogP) is 2.56. The molecule has 0 aliphatic rings. The first-order valence-corrected chi connectivity index (χ1v) is 16.8. The van der Waals surface area contributed by atoms with Crippen molar-refractivity contribution in [2.45, 2.75) is 22.9 Å². The molecule has 0 spiro atoms. The van der Waals surface area contributed by atoms with Crippen molar-refractivity contribution in [1.29, 1.82) is 0 Å². The SMILES string of the molecule is COc1cc(CC(O)C[CH2][Hg][Cl])c([N+](=O)[O-])cc1OC. The van der Waals surface area contributed by atoms with Crippen molar-refractivity contribution in [2.75, 3.05) is 14.2 Å². The third-order valence-electron chi connectivity index (χ3n) is 2.91. The second-order valence-electron chi connectivity index (χ2n) is 4.28. The van der Waals surface area contributed by atoms with E-state index in [0.717, 1.165) is 3.93 Å². The number of methoxy groups -OCH3 is 2. The van der Waals surface area contributed by atoms with Crippen molar-refractivity contribution in [1.82, 2.24) is 0 Å². The van der Waals surface area contributed by atoms with E-state index in [1.165, 1.54) is 20.3 Å². The molecule has 8 heteroatoms. The van der Waals surface area contributed by atoms with E-state index >= 15 is 0 Å². The standard InChI is InChI=1S/C12H16NO5.ClH.Hg/c1-4-9(14)5-8-6-11(17-2)12(18-3)7-10(8)13(15)16;;/h6-7,9,14H,1,4-5H2,2-3H3;1H;/q;;+1/p-1. The van der Waals surface area contributed by atoms with Crippen molar-refractivity contribution in [3.8, 4) is 11.5 Å². The van der Waals surface area contributed by atoms with Crippen molar-refractivity contribution in [2.24, 2.45) is 0 Å². The molecular weight excluding hydrogens is 474 g/mol. The summed E-state index contributed by atoms with van der Waals surface area (Å²) in [6.45, 7) is 0. The molecule has 1 N–H and O–H groups in total. The second-order valence-corrected chi connectivity index (χ2v) is 11.8. The van der Waals surface area contributed by atoms with Gasteiger partial charge in [0.25, 0.3) is 0 Å². The van der Waals surface area contributed by atoms with Crippen LogP contribution in [0.15, 0.2) is 12.1 Å². The Balaban J connectivity index is 3.06. The molecule has 1 unspecified atom stereocenters. The van der Waals surface area contributed by atoms with Crippen LogP contribution in [0.2, 0.25) is 3.93 Å². The van der Waals surface area contributed by atoms with Crippen LogP contribution in [0.25, 0.3) is 0 Å². The number of nitro benzene ring substituents is 1. The number of benzene rings is 1. The zero-order valence-corrected chi connectivity index (χ0v) is 17.7. The summed E-state index contributed by atoms with van der Waals surface area (Å²) in [5.41, 5.74) is 0.364. The molecule has 0 aromatic heterocycles. The summed E-state index contributed by atoms with van der Waals surface area (Å²) in [5.74, 6) is 0.715. The molecule has 20 heavy (non-hydrogen) atoms. The van der Waals surface area contributed by atoms with Gasteiger partial charge in [-0.05, 0) is 0 Å². The average molecular weight is 490 g/mol. The summed E-state index contributed by atoms with van der Waals surface area (Å²) in [7, 11) is 8.67. The van der Waals surface area contributed by atoms with Crippen LogP contribution in [-0.2, 0) is 29.8 Å². The summed E-state index contributed by atoms with van der Waals surface area (Å²) in [4.78, 5) is 10.6. The molecule has 0 saturated heterocycles. The zero-order chi connectivity index (χ0) is 15.1. The van der Waals surface area contributed by atoms with Gasteiger partial charge in [0.05, 0.1) is 0 Å². The normalized spacial score (nSPS) is 11.6. The molecule has 108 valence electrons. The van der Waals surface area contributed by atoms with E-state index in [0.29, 0.717) is 23.5 Å². The number of aliphatic hydroxyl groups is 1. The van der Waals surface area contributed by atoms with Gasteiger partial charge in [0.1, 0.15) is 0 Å². The molecular formula is C12H16ClHgNO5. The molecule has 6 nitrogen and oxygen atoms in total. The maximum absolute atomic E-state index is 11.1. The van der Waals surface area contributed by atoms with Crippen LogP contribution >= 0.6 is 8.25 Å². The molecule has 0 aliphatic carbocycles. The molecule has 0 aliphatic heterocycles. The third kappa shape index (κ3) is 4.75. The van der Waals surface area contributed by atoms with Crippen molar-refractivity contribution >= 4 is 13.9 Å². The minimum atomic E-state index is -1.28. The Bertz CT molecular complexity index is 471. The number of aliphatic hydroxyl groups excluding tert-OH is 1. The van der Waals surface area contributed by atoms with E-state index < -0.39 is 34.4 Å². The van der Waals surface area contributed by atoms with Crippen LogP contribution in [0, 0.1) is 10.1 Å². The molecule has 0 amide bonds. The fourth-order valence-corrected chi connectivity index (χ4v) is 5.70.